The molecule has 3 heterocycles. The molecular formula is C23H28F2N4O5. The fourth-order valence-electron chi connectivity index (χ4n) is 4.66. The molecule has 2 saturated heterocycles. The molecule has 0 aliphatic carbocycles. The summed E-state index contributed by atoms with van der Waals surface area (Å²) in [6.45, 7) is 4.38. The lowest BCUT2D eigenvalue weighted by molar-refractivity contribution is -0.135. The maximum atomic E-state index is 15.2. The fraction of sp³-hybridized carbons (Fsp3) is 0.565. The number of alkyl halides is 2. The number of fused-ring (bicyclic) bond motifs is 1. The van der Waals surface area contributed by atoms with E-state index in [1.54, 1.807) is 32.9 Å². The Morgan fingerprint density at radius 2 is 1.85 bits per heavy atom. The van der Waals surface area contributed by atoms with Crippen LogP contribution >= 0.6 is 0 Å². The zero-order chi connectivity index (χ0) is 25.0. The number of rotatable bonds is 2. The highest BCUT2D eigenvalue weighted by Crippen LogP contribution is 2.41. The van der Waals surface area contributed by atoms with Gasteiger partial charge in [-0.15, -0.1) is 0 Å². The summed E-state index contributed by atoms with van der Waals surface area (Å²) >= 11 is 0. The molecule has 2 fully saturated rings. The summed E-state index contributed by atoms with van der Waals surface area (Å²) in [5.74, 6) is -5.30. The van der Waals surface area contributed by atoms with E-state index < -0.39 is 53.6 Å². The number of nitrogens with one attached hydrogen (secondary N) is 1. The van der Waals surface area contributed by atoms with Crippen molar-refractivity contribution in [2.75, 3.05) is 13.1 Å². The van der Waals surface area contributed by atoms with E-state index in [9.17, 15) is 19.2 Å². The van der Waals surface area contributed by atoms with Crippen LogP contribution in [0.15, 0.2) is 23.0 Å². The number of piperidine rings is 2. The topological polar surface area (TPSA) is 103 Å². The van der Waals surface area contributed by atoms with Crippen molar-refractivity contribution in [3.63, 3.8) is 0 Å². The van der Waals surface area contributed by atoms with Crippen LogP contribution in [0, 0.1) is 0 Å². The number of hydrogen-bond acceptors (Lipinski definition) is 5. The molecule has 2 aliphatic heterocycles. The second-order valence-electron chi connectivity index (χ2n) is 9.93. The third kappa shape index (κ3) is 4.30. The van der Waals surface area contributed by atoms with Gasteiger partial charge in [0.1, 0.15) is 11.6 Å². The zero-order valence-corrected chi connectivity index (χ0v) is 19.6. The first kappa shape index (κ1) is 23.9. The average Bonchev–Trinajstić information content (AvgIpc) is 2.96. The van der Waals surface area contributed by atoms with Gasteiger partial charge < -0.3 is 9.64 Å². The summed E-state index contributed by atoms with van der Waals surface area (Å²) in [4.78, 5) is 50.0. The van der Waals surface area contributed by atoms with Gasteiger partial charge in [0.25, 0.3) is 5.92 Å². The number of halogens is 2. The molecule has 2 aromatic rings. The second kappa shape index (κ2) is 8.21. The van der Waals surface area contributed by atoms with E-state index in [4.69, 9.17) is 4.74 Å². The minimum absolute atomic E-state index is 0.0273. The van der Waals surface area contributed by atoms with E-state index in [0.29, 0.717) is 16.6 Å². The number of nitrogens with zero attached hydrogens (tertiary/aromatic N) is 3. The maximum absolute atomic E-state index is 15.2. The Bertz CT molecular complexity index is 1230. The van der Waals surface area contributed by atoms with Gasteiger partial charge in [-0.25, -0.2) is 18.4 Å². The predicted molar refractivity (Wildman–Crippen MR) is 119 cm³/mol. The molecule has 2 aliphatic rings. The van der Waals surface area contributed by atoms with Crippen molar-refractivity contribution in [3.8, 4) is 0 Å². The minimum atomic E-state index is -3.20. The Labute approximate surface area is 194 Å². The summed E-state index contributed by atoms with van der Waals surface area (Å²) in [7, 11) is 1.51. The molecule has 1 aromatic carbocycles. The number of amides is 3. The summed E-state index contributed by atoms with van der Waals surface area (Å²) in [5, 5.41) is 2.24. The van der Waals surface area contributed by atoms with Gasteiger partial charge in [-0.1, -0.05) is 6.07 Å². The SMILES string of the molecule is Cn1c(=O)n(C2CCC(=O)NC2=O)c2ccc([C@@H]3CCN(C(=O)OC(C)(C)C)CC3(F)F)cc21. The number of benzene rings is 1. The van der Waals surface area contributed by atoms with Crippen LogP contribution in [0.5, 0.6) is 0 Å². The quantitative estimate of drug-likeness (QED) is 0.669. The molecule has 1 N–H and O–H groups in total. The lowest BCUT2D eigenvalue weighted by Gasteiger charge is -2.39. The Kier molecular flexibility index (Phi) is 5.77. The van der Waals surface area contributed by atoms with Gasteiger partial charge in [0.15, 0.2) is 0 Å². The molecule has 184 valence electrons. The van der Waals surface area contributed by atoms with Crippen LogP contribution in [0.1, 0.15) is 57.6 Å². The number of imidazole rings is 1. The largest absolute Gasteiger partial charge is 0.444 e. The zero-order valence-electron chi connectivity index (χ0n) is 19.6. The van der Waals surface area contributed by atoms with E-state index in [0.717, 1.165) is 4.90 Å². The van der Waals surface area contributed by atoms with Gasteiger partial charge in [-0.2, -0.15) is 0 Å². The lowest BCUT2D eigenvalue weighted by atomic mass is 9.86. The number of aromatic nitrogens is 2. The molecule has 34 heavy (non-hydrogen) atoms. The molecule has 2 atom stereocenters. The van der Waals surface area contributed by atoms with Gasteiger partial charge in [-0.3, -0.25) is 24.0 Å². The van der Waals surface area contributed by atoms with Crippen LogP contribution in [0.3, 0.4) is 0 Å². The van der Waals surface area contributed by atoms with Gasteiger partial charge in [0, 0.05) is 20.0 Å². The molecule has 0 bridgehead atoms. The van der Waals surface area contributed by atoms with Crippen molar-refractivity contribution in [3.05, 3.63) is 34.2 Å². The van der Waals surface area contributed by atoms with Crippen molar-refractivity contribution in [2.24, 2.45) is 7.05 Å². The van der Waals surface area contributed by atoms with Crippen molar-refractivity contribution in [2.45, 2.75) is 63.5 Å². The van der Waals surface area contributed by atoms with Gasteiger partial charge in [0.2, 0.25) is 11.8 Å². The normalized spacial score (nSPS) is 23.2. The molecule has 0 saturated carbocycles. The van der Waals surface area contributed by atoms with Crippen LogP contribution in [-0.4, -0.2) is 56.6 Å². The molecule has 11 heteroatoms. The van der Waals surface area contributed by atoms with E-state index in [1.807, 2.05) is 0 Å². The second-order valence-corrected chi connectivity index (χ2v) is 9.93. The van der Waals surface area contributed by atoms with Crippen LogP contribution in [0.25, 0.3) is 11.0 Å². The number of ether oxygens (including phenoxy) is 1. The molecule has 9 nitrogen and oxygen atoms in total. The first-order valence-corrected chi connectivity index (χ1v) is 11.2. The minimum Gasteiger partial charge on any atom is -0.444 e. The Morgan fingerprint density at radius 3 is 2.47 bits per heavy atom. The number of carbonyl (C=O) groups excluding carboxylic acids is 3. The highest BCUT2D eigenvalue weighted by molar-refractivity contribution is 6.00. The molecule has 1 unspecified atom stereocenters. The predicted octanol–water partition coefficient (Wildman–Crippen LogP) is 2.68. The standard InChI is InChI=1S/C23H28F2N4O5/c1-22(2,3)34-21(33)28-10-9-14(23(24,25)12-28)13-5-6-15-17(11-13)27(4)20(32)29(15)16-7-8-18(30)26-19(16)31/h5-6,11,14,16H,7-10,12H2,1-4H3,(H,26,30,31)/t14-,16?/m0/s1. The Balaban J connectivity index is 1.63. The van der Waals surface area contributed by atoms with Gasteiger partial charge >= 0.3 is 11.8 Å². The Morgan fingerprint density at radius 1 is 1.15 bits per heavy atom. The van der Waals surface area contributed by atoms with Crippen molar-refractivity contribution in [1.82, 2.24) is 19.4 Å². The van der Waals surface area contributed by atoms with E-state index in [2.05, 4.69) is 5.32 Å². The van der Waals surface area contributed by atoms with Crippen molar-refractivity contribution < 1.29 is 27.9 Å². The molecule has 0 spiro atoms. The van der Waals surface area contributed by atoms with Crippen molar-refractivity contribution >= 4 is 28.9 Å². The number of hydrogen-bond donors (Lipinski definition) is 1. The molecule has 4 rings (SSSR count). The Hall–Kier alpha value is -3.24. The van der Waals surface area contributed by atoms with Crippen LogP contribution in [0.2, 0.25) is 0 Å². The van der Waals surface area contributed by atoms with E-state index in [-0.39, 0.29) is 25.8 Å². The summed E-state index contributed by atoms with van der Waals surface area (Å²) in [5.41, 5.74) is -0.0577. The summed E-state index contributed by atoms with van der Waals surface area (Å²) in [6.07, 6.45) is -0.448. The first-order valence-electron chi connectivity index (χ1n) is 11.2. The lowest BCUT2D eigenvalue weighted by Crippen LogP contribution is -2.50. The third-order valence-corrected chi connectivity index (χ3v) is 6.29. The van der Waals surface area contributed by atoms with Crippen LogP contribution in [0.4, 0.5) is 13.6 Å². The summed E-state index contributed by atoms with van der Waals surface area (Å²) in [6, 6.07) is 3.79. The fourth-order valence-corrected chi connectivity index (χ4v) is 4.66. The van der Waals surface area contributed by atoms with Gasteiger partial charge in [-0.05, 0) is 51.3 Å². The number of likely N-dealkylation sites (tertiary alicyclic amines) is 1. The number of carbonyl (C=O) groups is 3. The highest BCUT2D eigenvalue weighted by atomic mass is 19.3. The van der Waals surface area contributed by atoms with Crippen molar-refractivity contribution in [1.29, 1.82) is 0 Å². The van der Waals surface area contributed by atoms with E-state index in [1.165, 1.54) is 22.2 Å². The first-order chi connectivity index (χ1) is 15.8. The monoisotopic (exact) mass is 478 g/mol. The molecule has 1 aromatic heterocycles. The number of imide groups is 1. The maximum Gasteiger partial charge on any atom is 0.410 e. The van der Waals surface area contributed by atoms with E-state index >= 15 is 8.78 Å². The average molecular weight is 478 g/mol. The third-order valence-electron chi connectivity index (χ3n) is 6.29. The van der Waals surface area contributed by atoms with Crippen LogP contribution in [-0.2, 0) is 21.4 Å². The van der Waals surface area contributed by atoms with Gasteiger partial charge in [0.05, 0.1) is 23.5 Å². The summed E-state index contributed by atoms with van der Waals surface area (Å²) < 4.78 is 38.2. The highest BCUT2D eigenvalue weighted by Gasteiger charge is 2.47. The molecular weight excluding hydrogens is 450 g/mol. The molecule has 3 amide bonds. The van der Waals surface area contributed by atoms with Crippen LogP contribution < -0.4 is 11.0 Å². The molecule has 0 radical (unpaired) electrons. The number of aryl methyl sites for hydroxylation is 1. The smallest absolute Gasteiger partial charge is 0.410 e.